The smallest absolute Gasteiger partial charge is 0.233 e. The molecule has 5 nitrogen and oxygen atoms in total. The second-order valence-electron chi connectivity index (χ2n) is 8.44. The van der Waals surface area contributed by atoms with Gasteiger partial charge in [-0.25, -0.2) is 4.98 Å². The van der Waals surface area contributed by atoms with Gasteiger partial charge in [0.15, 0.2) is 0 Å². The molecule has 3 aromatic rings. The van der Waals surface area contributed by atoms with Crippen LogP contribution in [0.15, 0.2) is 48.0 Å². The van der Waals surface area contributed by atoms with Gasteiger partial charge in [-0.15, -0.1) is 11.3 Å². The van der Waals surface area contributed by atoms with Crippen LogP contribution < -0.4 is 4.90 Å². The number of benzene rings is 2. The van der Waals surface area contributed by atoms with E-state index < -0.39 is 0 Å². The zero-order chi connectivity index (χ0) is 20.7. The number of piperidine rings is 1. The van der Waals surface area contributed by atoms with Crippen LogP contribution in [-0.4, -0.2) is 35.4 Å². The third kappa shape index (κ3) is 3.19. The highest BCUT2D eigenvalue weighted by molar-refractivity contribution is 7.16. The molecule has 2 aliphatic heterocycles. The number of aromatic nitrogens is 1. The van der Waals surface area contributed by atoms with E-state index in [-0.39, 0.29) is 11.3 Å². The second-order valence-corrected chi connectivity index (χ2v) is 9.32. The Labute approximate surface area is 180 Å². The number of amides is 1. The zero-order valence-electron chi connectivity index (χ0n) is 17.0. The molecule has 0 aliphatic carbocycles. The Bertz CT molecular complexity index is 1120. The van der Waals surface area contributed by atoms with E-state index in [2.05, 4.69) is 41.1 Å². The van der Waals surface area contributed by atoms with Crippen LogP contribution in [0.25, 0.3) is 10.2 Å². The van der Waals surface area contributed by atoms with Gasteiger partial charge in [-0.1, -0.05) is 6.07 Å². The third-order valence-corrected chi connectivity index (χ3v) is 7.77. The summed E-state index contributed by atoms with van der Waals surface area (Å²) in [6.07, 6.45) is 2.72. The molecule has 1 amide bonds. The minimum absolute atomic E-state index is 0.233. The largest absolute Gasteiger partial charge is 0.312 e. The van der Waals surface area contributed by atoms with Crippen molar-refractivity contribution in [3.8, 4) is 6.07 Å². The van der Waals surface area contributed by atoms with Crippen LogP contribution >= 0.6 is 11.3 Å². The molecule has 2 saturated heterocycles. The SMILES string of the molecule is C[C@@H](c1ccc2scnc2c1)N1CCC2(CCN(c3ccc(C#N)cc3)C2=O)CC1. The van der Waals surface area contributed by atoms with E-state index in [0.29, 0.717) is 11.6 Å². The van der Waals surface area contributed by atoms with Crippen molar-refractivity contribution in [3.05, 3.63) is 59.1 Å². The fourth-order valence-corrected chi connectivity index (χ4v) is 5.59. The van der Waals surface area contributed by atoms with Crippen LogP contribution in [-0.2, 0) is 4.79 Å². The number of thiazole rings is 1. The van der Waals surface area contributed by atoms with Gasteiger partial charge in [-0.2, -0.15) is 5.26 Å². The van der Waals surface area contributed by atoms with Gasteiger partial charge in [-0.05, 0) is 81.2 Å². The highest BCUT2D eigenvalue weighted by Gasteiger charge is 2.48. The standard InChI is InChI=1S/C24H24N4OS/c1-17(19-4-7-22-21(14-19)26-16-30-22)27-11-8-24(9-12-27)10-13-28(23(24)29)20-5-2-18(15-25)3-6-20/h2-7,14,16-17H,8-13H2,1H3/t17-/m0/s1. The van der Waals surface area contributed by atoms with E-state index >= 15 is 0 Å². The summed E-state index contributed by atoms with van der Waals surface area (Å²) in [6, 6.07) is 16.4. The summed E-state index contributed by atoms with van der Waals surface area (Å²) in [5, 5.41) is 9.00. The summed E-state index contributed by atoms with van der Waals surface area (Å²) in [7, 11) is 0. The lowest BCUT2D eigenvalue weighted by molar-refractivity contribution is -0.128. The minimum atomic E-state index is -0.233. The molecular formula is C24H24N4OS. The van der Waals surface area contributed by atoms with Crippen molar-refractivity contribution in [1.29, 1.82) is 5.26 Å². The van der Waals surface area contributed by atoms with Crippen molar-refractivity contribution >= 4 is 33.1 Å². The molecule has 0 radical (unpaired) electrons. The summed E-state index contributed by atoms with van der Waals surface area (Å²) in [5.74, 6) is 0.253. The first kappa shape index (κ1) is 19.2. The predicted octanol–water partition coefficient (Wildman–Crippen LogP) is 4.75. The molecule has 2 aromatic carbocycles. The number of rotatable bonds is 3. The Kier molecular flexibility index (Phi) is 4.80. The molecule has 1 aromatic heterocycles. The first-order valence-electron chi connectivity index (χ1n) is 10.5. The van der Waals surface area contributed by atoms with Crippen molar-refractivity contribution in [3.63, 3.8) is 0 Å². The molecule has 2 aliphatic rings. The van der Waals surface area contributed by atoms with Crippen molar-refractivity contribution in [1.82, 2.24) is 9.88 Å². The van der Waals surface area contributed by atoms with Crippen LogP contribution in [0.1, 0.15) is 43.4 Å². The number of nitriles is 1. The highest BCUT2D eigenvalue weighted by Crippen LogP contribution is 2.44. The normalized spacial score (nSPS) is 20.0. The maximum atomic E-state index is 13.3. The van der Waals surface area contributed by atoms with E-state index in [1.54, 1.807) is 23.5 Å². The molecule has 30 heavy (non-hydrogen) atoms. The Hall–Kier alpha value is -2.75. The van der Waals surface area contributed by atoms with Gasteiger partial charge >= 0.3 is 0 Å². The van der Waals surface area contributed by atoms with E-state index in [0.717, 1.165) is 50.1 Å². The summed E-state index contributed by atoms with van der Waals surface area (Å²) in [4.78, 5) is 22.2. The van der Waals surface area contributed by atoms with Gasteiger partial charge in [0.1, 0.15) is 0 Å². The molecule has 152 valence electrons. The van der Waals surface area contributed by atoms with Crippen molar-refractivity contribution < 1.29 is 4.79 Å². The average molecular weight is 417 g/mol. The molecule has 1 spiro atoms. The van der Waals surface area contributed by atoms with Crippen LogP contribution in [0.4, 0.5) is 5.69 Å². The van der Waals surface area contributed by atoms with Crippen LogP contribution in [0.3, 0.4) is 0 Å². The van der Waals surface area contributed by atoms with Crippen LogP contribution in [0.5, 0.6) is 0 Å². The third-order valence-electron chi connectivity index (χ3n) is 6.96. The lowest BCUT2D eigenvalue weighted by Crippen LogP contribution is -2.45. The number of anilines is 1. The number of carbonyl (C=O) groups excluding carboxylic acids is 1. The molecule has 0 unspecified atom stereocenters. The van der Waals surface area contributed by atoms with Gasteiger partial charge in [-0.3, -0.25) is 9.69 Å². The summed E-state index contributed by atoms with van der Waals surface area (Å²) >= 11 is 1.67. The summed E-state index contributed by atoms with van der Waals surface area (Å²) < 4.78 is 1.22. The highest BCUT2D eigenvalue weighted by atomic mass is 32.1. The molecule has 5 rings (SSSR count). The number of nitrogens with zero attached hydrogens (tertiary/aromatic N) is 4. The molecule has 3 heterocycles. The van der Waals surface area contributed by atoms with Crippen LogP contribution in [0, 0.1) is 16.7 Å². The Balaban J connectivity index is 1.27. The lowest BCUT2D eigenvalue weighted by atomic mass is 9.76. The van der Waals surface area contributed by atoms with Gasteiger partial charge in [0.25, 0.3) is 0 Å². The fourth-order valence-electron chi connectivity index (χ4n) is 4.93. The molecule has 0 saturated carbocycles. The first-order valence-corrected chi connectivity index (χ1v) is 11.4. The Morgan fingerprint density at radius 1 is 1.10 bits per heavy atom. The molecule has 0 bridgehead atoms. The first-order chi connectivity index (χ1) is 14.6. The Morgan fingerprint density at radius 3 is 2.57 bits per heavy atom. The van der Waals surface area contributed by atoms with Crippen LogP contribution in [0.2, 0.25) is 0 Å². The maximum absolute atomic E-state index is 13.3. The topological polar surface area (TPSA) is 60.2 Å². The van der Waals surface area contributed by atoms with E-state index in [4.69, 9.17) is 5.26 Å². The van der Waals surface area contributed by atoms with Gasteiger partial charge in [0.05, 0.1) is 32.8 Å². The average Bonchev–Trinajstić information content (AvgIpc) is 3.38. The van der Waals surface area contributed by atoms with Crippen molar-refractivity contribution in [2.24, 2.45) is 5.41 Å². The van der Waals surface area contributed by atoms with Gasteiger partial charge in [0.2, 0.25) is 5.91 Å². The molecule has 6 heteroatoms. The van der Waals surface area contributed by atoms with E-state index in [9.17, 15) is 4.79 Å². The predicted molar refractivity (Wildman–Crippen MR) is 119 cm³/mol. The number of carbonyl (C=O) groups is 1. The van der Waals surface area contributed by atoms with Crippen molar-refractivity contribution in [2.45, 2.75) is 32.2 Å². The van der Waals surface area contributed by atoms with Gasteiger partial charge in [0, 0.05) is 18.3 Å². The number of hydrogen-bond donors (Lipinski definition) is 0. The second kappa shape index (κ2) is 7.50. The molecular weight excluding hydrogens is 392 g/mol. The zero-order valence-corrected chi connectivity index (χ0v) is 17.9. The lowest BCUT2D eigenvalue weighted by Gasteiger charge is -2.40. The number of likely N-dealkylation sites (tertiary alicyclic amines) is 1. The number of fused-ring (bicyclic) bond motifs is 1. The summed E-state index contributed by atoms with van der Waals surface area (Å²) in [6.45, 7) is 4.89. The van der Waals surface area contributed by atoms with Gasteiger partial charge < -0.3 is 4.90 Å². The minimum Gasteiger partial charge on any atom is -0.312 e. The van der Waals surface area contributed by atoms with E-state index in [1.807, 2.05) is 22.5 Å². The number of hydrogen-bond acceptors (Lipinski definition) is 5. The maximum Gasteiger partial charge on any atom is 0.233 e. The molecule has 0 N–H and O–H groups in total. The fraction of sp³-hybridized carbons (Fsp3) is 0.375. The Morgan fingerprint density at radius 2 is 1.83 bits per heavy atom. The molecule has 1 atom stereocenters. The van der Waals surface area contributed by atoms with Crippen molar-refractivity contribution in [2.75, 3.05) is 24.5 Å². The summed E-state index contributed by atoms with van der Waals surface area (Å²) in [5.41, 5.74) is 5.56. The quantitative estimate of drug-likeness (QED) is 0.618. The molecule has 2 fully saturated rings. The monoisotopic (exact) mass is 416 g/mol. The van der Waals surface area contributed by atoms with E-state index in [1.165, 1.54) is 10.3 Å².